The van der Waals surface area contributed by atoms with Crippen LogP contribution in [0.1, 0.15) is 6.42 Å². The Morgan fingerprint density at radius 1 is 1.26 bits per heavy atom. The topological polar surface area (TPSA) is 83.8 Å². The molecule has 2 aliphatic rings. The van der Waals surface area contributed by atoms with Gasteiger partial charge in [0, 0.05) is 50.6 Å². The first-order chi connectivity index (χ1) is 10.9. The Morgan fingerprint density at radius 3 is 2.57 bits per heavy atom. The molecule has 0 N–H and O–H groups in total. The Morgan fingerprint density at radius 2 is 1.96 bits per heavy atom. The number of benzene rings is 1. The van der Waals surface area contributed by atoms with E-state index >= 15 is 0 Å². The first-order valence-corrected chi connectivity index (χ1v) is 9.38. The van der Waals surface area contributed by atoms with Gasteiger partial charge in [-0.1, -0.05) is 12.2 Å². The predicted molar refractivity (Wildman–Crippen MR) is 87.5 cm³/mol. The molecule has 8 heteroatoms. The van der Waals surface area contributed by atoms with Gasteiger partial charge in [0.05, 0.1) is 15.5 Å². The van der Waals surface area contributed by atoms with Crippen molar-refractivity contribution in [3.05, 3.63) is 40.5 Å². The van der Waals surface area contributed by atoms with Crippen LogP contribution in [0.3, 0.4) is 0 Å². The van der Waals surface area contributed by atoms with Crippen molar-refractivity contribution in [2.75, 3.05) is 37.3 Å². The molecule has 1 saturated heterocycles. The molecule has 1 fully saturated rings. The van der Waals surface area contributed by atoms with E-state index in [9.17, 15) is 18.5 Å². The largest absolute Gasteiger partial charge is 0.369 e. The third kappa shape index (κ3) is 3.23. The lowest BCUT2D eigenvalue weighted by molar-refractivity contribution is -0.385. The van der Waals surface area contributed by atoms with E-state index in [-0.39, 0.29) is 10.6 Å². The second-order valence-corrected chi connectivity index (χ2v) is 7.98. The molecule has 1 aromatic rings. The monoisotopic (exact) mass is 337 g/mol. The Bertz CT molecular complexity index is 752. The van der Waals surface area contributed by atoms with Crippen LogP contribution in [0.25, 0.3) is 0 Å². The second kappa shape index (κ2) is 5.93. The van der Waals surface area contributed by atoms with Crippen molar-refractivity contribution in [2.45, 2.75) is 17.4 Å². The van der Waals surface area contributed by atoms with E-state index in [1.807, 2.05) is 4.90 Å². The van der Waals surface area contributed by atoms with Crippen molar-refractivity contribution < 1.29 is 13.3 Å². The van der Waals surface area contributed by atoms with Crippen LogP contribution in [0.5, 0.6) is 0 Å². The first kappa shape index (κ1) is 15.9. The summed E-state index contributed by atoms with van der Waals surface area (Å²) in [6.45, 7) is 3.35. The van der Waals surface area contributed by atoms with Crippen LogP contribution in [-0.4, -0.2) is 56.7 Å². The lowest BCUT2D eigenvalue weighted by Crippen LogP contribution is -2.35. The van der Waals surface area contributed by atoms with Crippen molar-refractivity contribution in [3.63, 3.8) is 0 Å². The van der Waals surface area contributed by atoms with Crippen molar-refractivity contribution in [1.29, 1.82) is 0 Å². The van der Waals surface area contributed by atoms with Gasteiger partial charge in [-0.25, -0.2) is 8.42 Å². The Labute approximate surface area is 135 Å². The molecule has 1 atom stereocenters. The molecule has 0 spiro atoms. The van der Waals surface area contributed by atoms with Gasteiger partial charge in [0.1, 0.15) is 0 Å². The molecule has 2 aliphatic heterocycles. The van der Waals surface area contributed by atoms with Crippen LogP contribution in [0, 0.1) is 10.1 Å². The maximum absolute atomic E-state index is 12.1. The summed E-state index contributed by atoms with van der Waals surface area (Å²) in [7, 11) is -3.54. The van der Waals surface area contributed by atoms with Gasteiger partial charge in [0.25, 0.3) is 5.69 Å². The summed E-state index contributed by atoms with van der Waals surface area (Å²) in [5.41, 5.74) is 0.362. The van der Waals surface area contributed by atoms with E-state index in [0.717, 1.165) is 44.9 Å². The second-order valence-electron chi connectivity index (χ2n) is 6.00. The molecule has 7 nitrogen and oxygen atoms in total. The van der Waals surface area contributed by atoms with Crippen LogP contribution in [0.2, 0.25) is 0 Å². The number of hydrogen-bond donors (Lipinski definition) is 0. The van der Waals surface area contributed by atoms with Crippen molar-refractivity contribution in [2.24, 2.45) is 0 Å². The minimum atomic E-state index is -3.54. The van der Waals surface area contributed by atoms with E-state index in [1.165, 1.54) is 6.07 Å². The van der Waals surface area contributed by atoms with Gasteiger partial charge in [-0.3, -0.25) is 15.0 Å². The summed E-state index contributed by atoms with van der Waals surface area (Å²) in [6, 6.07) is 4.47. The Balaban J connectivity index is 1.89. The summed E-state index contributed by atoms with van der Waals surface area (Å²) >= 11 is 0. The zero-order valence-corrected chi connectivity index (χ0v) is 13.7. The van der Waals surface area contributed by atoms with Crippen LogP contribution < -0.4 is 4.90 Å². The Kier molecular flexibility index (Phi) is 4.11. The van der Waals surface area contributed by atoms with Gasteiger partial charge in [-0.15, -0.1) is 0 Å². The van der Waals surface area contributed by atoms with E-state index in [0.29, 0.717) is 11.7 Å². The van der Waals surface area contributed by atoms with Gasteiger partial charge >= 0.3 is 0 Å². The average molecular weight is 337 g/mol. The highest BCUT2D eigenvalue weighted by Gasteiger charge is 2.31. The highest BCUT2D eigenvalue weighted by atomic mass is 32.2. The van der Waals surface area contributed by atoms with Gasteiger partial charge < -0.3 is 4.90 Å². The molecule has 2 heterocycles. The molecular formula is C15H19N3O4S. The number of sulfone groups is 1. The summed E-state index contributed by atoms with van der Waals surface area (Å²) < 4.78 is 24.1. The van der Waals surface area contributed by atoms with E-state index in [2.05, 4.69) is 17.1 Å². The lowest BCUT2D eigenvalue weighted by atomic mass is 10.2. The minimum Gasteiger partial charge on any atom is -0.369 e. The van der Waals surface area contributed by atoms with Crippen LogP contribution in [-0.2, 0) is 9.84 Å². The molecule has 0 saturated carbocycles. The molecule has 0 bridgehead atoms. The molecule has 23 heavy (non-hydrogen) atoms. The first-order valence-electron chi connectivity index (χ1n) is 7.49. The van der Waals surface area contributed by atoms with Crippen molar-refractivity contribution in [1.82, 2.24) is 4.90 Å². The summed E-state index contributed by atoms with van der Waals surface area (Å²) in [6.07, 6.45) is 6.32. The Hall–Kier alpha value is -1.93. The molecular weight excluding hydrogens is 318 g/mol. The maximum atomic E-state index is 12.1. The van der Waals surface area contributed by atoms with Crippen LogP contribution >= 0.6 is 0 Å². The third-order valence-electron chi connectivity index (χ3n) is 4.42. The predicted octanol–water partition coefficient (Wildman–Crippen LogP) is 1.45. The SMILES string of the molecule is CS(=O)(=O)c1cc([N+](=O)[O-])ccc1N1CC[C@@H](N2CC=CC2)C1. The van der Waals surface area contributed by atoms with Crippen LogP contribution in [0.4, 0.5) is 11.4 Å². The van der Waals surface area contributed by atoms with E-state index in [4.69, 9.17) is 0 Å². The lowest BCUT2D eigenvalue weighted by Gasteiger charge is -2.25. The molecule has 0 radical (unpaired) electrons. The normalized spacial score (nSPS) is 22.0. The molecule has 124 valence electrons. The number of non-ortho nitro benzene ring substituents is 1. The smallest absolute Gasteiger partial charge is 0.270 e. The van der Waals surface area contributed by atoms with E-state index < -0.39 is 14.8 Å². The van der Waals surface area contributed by atoms with Gasteiger partial charge in [-0.2, -0.15) is 0 Å². The number of anilines is 1. The number of nitro benzene ring substituents is 1. The highest BCUT2D eigenvalue weighted by Crippen LogP contribution is 2.32. The molecule has 0 unspecified atom stereocenters. The van der Waals surface area contributed by atoms with Crippen molar-refractivity contribution >= 4 is 21.2 Å². The number of rotatable bonds is 4. The van der Waals surface area contributed by atoms with E-state index in [1.54, 1.807) is 6.07 Å². The van der Waals surface area contributed by atoms with Gasteiger partial charge in [0.2, 0.25) is 0 Å². The molecule has 0 amide bonds. The number of hydrogen-bond acceptors (Lipinski definition) is 6. The molecule has 0 aliphatic carbocycles. The summed E-state index contributed by atoms with van der Waals surface area (Å²) in [5, 5.41) is 10.9. The fourth-order valence-corrected chi connectivity index (χ4v) is 4.14. The summed E-state index contributed by atoms with van der Waals surface area (Å²) in [5.74, 6) is 0. The maximum Gasteiger partial charge on any atom is 0.270 e. The molecule has 3 rings (SSSR count). The highest BCUT2D eigenvalue weighted by molar-refractivity contribution is 7.90. The molecule has 1 aromatic carbocycles. The van der Waals surface area contributed by atoms with Gasteiger partial charge in [-0.05, 0) is 12.5 Å². The quantitative estimate of drug-likeness (QED) is 0.470. The summed E-state index contributed by atoms with van der Waals surface area (Å²) in [4.78, 5) is 14.8. The third-order valence-corrected chi connectivity index (χ3v) is 5.55. The average Bonchev–Trinajstić information content (AvgIpc) is 3.16. The standard InChI is InChI=1S/C15H19N3O4S/c1-23(21,22)15-10-12(18(19)20)4-5-14(15)17-9-6-13(11-17)16-7-2-3-8-16/h2-5,10,13H,6-9,11H2,1H3/t13-/m1/s1. The fourth-order valence-electron chi connectivity index (χ4n) is 3.23. The molecule has 0 aromatic heterocycles. The van der Waals surface area contributed by atoms with Gasteiger partial charge in [0.15, 0.2) is 9.84 Å². The van der Waals surface area contributed by atoms with Crippen molar-refractivity contribution in [3.8, 4) is 0 Å². The number of nitrogens with zero attached hydrogens (tertiary/aromatic N) is 3. The fraction of sp³-hybridized carbons (Fsp3) is 0.467. The number of nitro groups is 1. The zero-order valence-electron chi connectivity index (χ0n) is 12.9. The minimum absolute atomic E-state index is 0.0342. The van der Waals surface area contributed by atoms with Crippen LogP contribution in [0.15, 0.2) is 35.2 Å². The zero-order chi connectivity index (χ0) is 16.6.